The van der Waals surface area contributed by atoms with Crippen molar-refractivity contribution < 1.29 is 19.0 Å². The van der Waals surface area contributed by atoms with Crippen LogP contribution in [0.4, 0.5) is 10.5 Å². The summed E-state index contributed by atoms with van der Waals surface area (Å²) in [5.41, 5.74) is 1.61. The lowest BCUT2D eigenvalue weighted by atomic mass is 10.2. The Morgan fingerprint density at radius 3 is 2.40 bits per heavy atom. The van der Waals surface area contributed by atoms with Crippen LogP contribution in [-0.2, 0) is 0 Å². The molecule has 0 saturated heterocycles. The number of methoxy groups -OCH3 is 2. The number of benzene rings is 2. The number of halogens is 1. The van der Waals surface area contributed by atoms with Gasteiger partial charge in [0, 0.05) is 6.07 Å². The van der Waals surface area contributed by atoms with Gasteiger partial charge in [-0.15, -0.1) is 0 Å². The average Bonchev–Trinajstić information content (AvgIpc) is 2.60. The fraction of sp³-hybridized carbons (Fsp3) is 0.278. The van der Waals surface area contributed by atoms with Crippen LogP contribution in [0.15, 0.2) is 36.4 Å². The third kappa shape index (κ3) is 5.46. The van der Waals surface area contributed by atoms with Gasteiger partial charge in [0.2, 0.25) is 0 Å². The highest BCUT2D eigenvalue weighted by Crippen LogP contribution is 2.35. The van der Waals surface area contributed by atoms with Crippen molar-refractivity contribution in [2.75, 3.05) is 32.7 Å². The van der Waals surface area contributed by atoms with Crippen LogP contribution < -0.4 is 24.8 Å². The highest BCUT2D eigenvalue weighted by Gasteiger charge is 2.12. The number of aryl methyl sites for hydroxylation is 1. The van der Waals surface area contributed by atoms with Crippen molar-refractivity contribution in [1.29, 1.82) is 0 Å². The van der Waals surface area contributed by atoms with Crippen LogP contribution in [0.1, 0.15) is 5.56 Å². The lowest BCUT2D eigenvalue weighted by Gasteiger charge is -2.14. The lowest BCUT2D eigenvalue weighted by molar-refractivity contribution is 0.247. The zero-order chi connectivity index (χ0) is 18.2. The Bertz CT molecular complexity index is 720. The SMILES string of the molecule is COc1cc(OC)c(NC(=O)NCCOc2ccc(C)cc2)cc1Cl. The van der Waals surface area contributed by atoms with E-state index in [1.807, 2.05) is 31.2 Å². The summed E-state index contributed by atoms with van der Waals surface area (Å²) in [6.07, 6.45) is 0. The van der Waals surface area contributed by atoms with E-state index in [4.69, 9.17) is 25.8 Å². The Labute approximate surface area is 152 Å². The van der Waals surface area contributed by atoms with Gasteiger partial charge in [0.1, 0.15) is 23.9 Å². The molecule has 7 heteroatoms. The fourth-order valence-corrected chi connectivity index (χ4v) is 2.33. The number of nitrogens with one attached hydrogen (secondary N) is 2. The first-order valence-electron chi connectivity index (χ1n) is 7.69. The number of carbonyl (C=O) groups excluding carboxylic acids is 1. The molecule has 0 fully saturated rings. The van der Waals surface area contributed by atoms with Crippen molar-refractivity contribution in [3.63, 3.8) is 0 Å². The van der Waals surface area contributed by atoms with E-state index in [9.17, 15) is 4.79 Å². The quantitative estimate of drug-likeness (QED) is 0.732. The maximum Gasteiger partial charge on any atom is 0.319 e. The molecule has 0 spiro atoms. The summed E-state index contributed by atoms with van der Waals surface area (Å²) in [7, 11) is 3.01. The van der Waals surface area contributed by atoms with Crippen LogP contribution in [0.5, 0.6) is 17.2 Å². The van der Waals surface area contributed by atoms with Crippen molar-refractivity contribution >= 4 is 23.3 Å². The van der Waals surface area contributed by atoms with Gasteiger partial charge < -0.3 is 24.8 Å². The number of anilines is 1. The van der Waals surface area contributed by atoms with E-state index < -0.39 is 0 Å². The number of amides is 2. The average molecular weight is 365 g/mol. The largest absolute Gasteiger partial charge is 0.495 e. The Balaban J connectivity index is 1.83. The highest BCUT2D eigenvalue weighted by atomic mass is 35.5. The smallest absolute Gasteiger partial charge is 0.319 e. The normalized spacial score (nSPS) is 10.1. The standard InChI is InChI=1S/C18H21ClN2O4/c1-12-4-6-13(7-5-12)25-9-8-20-18(22)21-15-10-14(19)16(23-2)11-17(15)24-3/h4-7,10-11H,8-9H2,1-3H3,(H2,20,21,22). The molecule has 0 bridgehead atoms. The van der Waals surface area contributed by atoms with Crippen LogP contribution in [0, 0.1) is 6.92 Å². The molecule has 0 aromatic heterocycles. The molecular weight excluding hydrogens is 344 g/mol. The Morgan fingerprint density at radius 1 is 1.08 bits per heavy atom. The third-order valence-electron chi connectivity index (χ3n) is 3.40. The Kier molecular flexibility index (Phi) is 6.77. The molecule has 25 heavy (non-hydrogen) atoms. The maximum absolute atomic E-state index is 12.0. The van der Waals surface area contributed by atoms with E-state index in [2.05, 4.69) is 10.6 Å². The van der Waals surface area contributed by atoms with Gasteiger partial charge >= 0.3 is 6.03 Å². The van der Waals surface area contributed by atoms with E-state index in [0.29, 0.717) is 35.4 Å². The maximum atomic E-state index is 12.0. The van der Waals surface area contributed by atoms with Crippen molar-refractivity contribution in [1.82, 2.24) is 5.32 Å². The van der Waals surface area contributed by atoms with Gasteiger partial charge in [0.25, 0.3) is 0 Å². The second kappa shape index (κ2) is 9.03. The molecule has 2 rings (SSSR count). The number of rotatable bonds is 7. The molecule has 2 aromatic rings. The highest BCUT2D eigenvalue weighted by molar-refractivity contribution is 6.32. The van der Waals surface area contributed by atoms with Crippen molar-refractivity contribution in [2.24, 2.45) is 0 Å². The molecule has 0 aliphatic carbocycles. The van der Waals surface area contributed by atoms with Crippen molar-refractivity contribution in [2.45, 2.75) is 6.92 Å². The van der Waals surface area contributed by atoms with Crippen LogP contribution >= 0.6 is 11.6 Å². The molecule has 0 aliphatic heterocycles. The van der Waals surface area contributed by atoms with E-state index in [1.165, 1.54) is 14.2 Å². The van der Waals surface area contributed by atoms with Crippen LogP contribution in [0.25, 0.3) is 0 Å². The number of ether oxygens (including phenoxy) is 3. The van der Waals surface area contributed by atoms with Gasteiger partial charge in [0.05, 0.1) is 31.5 Å². The monoisotopic (exact) mass is 364 g/mol. The molecular formula is C18H21ClN2O4. The fourth-order valence-electron chi connectivity index (χ4n) is 2.09. The number of hydrogen-bond donors (Lipinski definition) is 2. The van der Waals surface area contributed by atoms with Crippen LogP contribution in [-0.4, -0.2) is 33.4 Å². The summed E-state index contributed by atoms with van der Waals surface area (Å²) in [5, 5.41) is 5.77. The van der Waals surface area contributed by atoms with E-state index in [0.717, 1.165) is 11.3 Å². The summed E-state index contributed by atoms with van der Waals surface area (Å²) >= 11 is 6.08. The number of urea groups is 1. The van der Waals surface area contributed by atoms with Crippen LogP contribution in [0.3, 0.4) is 0 Å². The van der Waals surface area contributed by atoms with Gasteiger partial charge in [-0.1, -0.05) is 29.3 Å². The zero-order valence-corrected chi connectivity index (χ0v) is 15.1. The Hall–Kier alpha value is -2.60. The minimum Gasteiger partial charge on any atom is -0.495 e. The number of carbonyl (C=O) groups is 1. The molecule has 0 heterocycles. The van der Waals surface area contributed by atoms with Gasteiger partial charge in [-0.05, 0) is 25.1 Å². The molecule has 2 aromatic carbocycles. The topological polar surface area (TPSA) is 68.8 Å². The predicted molar refractivity (Wildman–Crippen MR) is 98.3 cm³/mol. The number of hydrogen-bond acceptors (Lipinski definition) is 4. The molecule has 0 unspecified atom stereocenters. The summed E-state index contributed by atoms with van der Waals surface area (Å²) in [6, 6.07) is 10.5. The van der Waals surface area contributed by atoms with Gasteiger partial charge in [-0.2, -0.15) is 0 Å². The van der Waals surface area contributed by atoms with Crippen LogP contribution in [0.2, 0.25) is 5.02 Å². The molecule has 0 atom stereocenters. The van der Waals surface area contributed by atoms with Gasteiger partial charge in [0.15, 0.2) is 0 Å². The zero-order valence-electron chi connectivity index (χ0n) is 14.4. The summed E-state index contributed by atoms with van der Waals surface area (Å²) in [6.45, 7) is 2.72. The van der Waals surface area contributed by atoms with E-state index in [-0.39, 0.29) is 6.03 Å². The Morgan fingerprint density at radius 2 is 1.76 bits per heavy atom. The molecule has 2 amide bonds. The molecule has 0 saturated carbocycles. The van der Waals surface area contributed by atoms with E-state index >= 15 is 0 Å². The second-order valence-corrected chi connectivity index (χ2v) is 5.64. The molecule has 134 valence electrons. The van der Waals surface area contributed by atoms with Crippen molar-refractivity contribution in [3.05, 3.63) is 47.0 Å². The second-order valence-electron chi connectivity index (χ2n) is 5.23. The molecule has 2 N–H and O–H groups in total. The lowest BCUT2D eigenvalue weighted by Crippen LogP contribution is -2.32. The van der Waals surface area contributed by atoms with Gasteiger partial charge in [-0.3, -0.25) is 0 Å². The first-order valence-corrected chi connectivity index (χ1v) is 8.07. The summed E-state index contributed by atoms with van der Waals surface area (Å²) in [4.78, 5) is 12.0. The minimum absolute atomic E-state index is 0.353. The van der Waals surface area contributed by atoms with Crippen molar-refractivity contribution in [3.8, 4) is 17.2 Å². The van der Waals surface area contributed by atoms with E-state index in [1.54, 1.807) is 12.1 Å². The molecule has 0 radical (unpaired) electrons. The summed E-state index contributed by atoms with van der Waals surface area (Å²) < 4.78 is 15.9. The predicted octanol–water partition coefficient (Wildman–Crippen LogP) is 3.87. The first-order chi connectivity index (χ1) is 12.0. The summed E-state index contributed by atoms with van der Waals surface area (Å²) in [5.74, 6) is 1.68. The molecule has 0 aliphatic rings. The minimum atomic E-state index is -0.382. The van der Waals surface area contributed by atoms with Gasteiger partial charge in [-0.25, -0.2) is 4.79 Å². The first kappa shape index (κ1) is 18.7. The molecule has 6 nitrogen and oxygen atoms in total. The third-order valence-corrected chi connectivity index (χ3v) is 3.69.